The van der Waals surface area contributed by atoms with Crippen molar-refractivity contribution in [2.24, 2.45) is 4.99 Å². The Balaban J connectivity index is 2.42. The van der Waals surface area contributed by atoms with Gasteiger partial charge < -0.3 is 4.90 Å². The number of anilines is 1. The van der Waals surface area contributed by atoms with Gasteiger partial charge >= 0.3 is 0 Å². The summed E-state index contributed by atoms with van der Waals surface area (Å²) in [6.07, 6.45) is 1.56. The number of aliphatic imine (C=N–C) groups is 1. The molecule has 6 nitrogen and oxygen atoms in total. The second kappa shape index (κ2) is 9.13. The molecular weight excluding hydrogens is 340 g/mol. The van der Waals surface area contributed by atoms with E-state index in [4.69, 9.17) is 6.57 Å². The van der Waals surface area contributed by atoms with E-state index in [1.807, 2.05) is 31.2 Å². The summed E-state index contributed by atoms with van der Waals surface area (Å²) in [5.41, 5.74) is 2.22. The molecule has 1 aliphatic heterocycles. The number of carbonyl (C=O) groups excluding carboxylic acids is 2. The Morgan fingerprint density at radius 1 is 1.07 bits per heavy atom. The Kier molecular flexibility index (Phi) is 6.89. The smallest absolute Gasteiger partial charge is 0.277 e. The van der Waals surface area contributed by atoms with Crippen molar-refractivity contribution in [3.8, 4) is 0 Å². The molecule has 0 bridgehead atoms. The molecule has 0 N–H and O–H groups in total. The van der Waals surface area contributed by atoms with Crippen molar-refractivity contribution in [3.05, 3.63) is 47.0 Å². The number of amides is 2. The van der Waals surface area contributed by atoms with Gasteiger partial charge in [-0.15, -0.1) is 0 Å². The second-order valence-electron chi connectivity index (χ2n) is 6.35. The minimum absolute atomic E-state index is 0.0239. The largest absolute Gasteiger partial charge is 0.372 e. The van der Waals surface area contributed by atoms with Crippen LogP contribution in [0.25, 0.3) is 4.85 Å². The predicted octanol–water partition coefficient (Wildman–Crippen LogP) is 3.97. The van der Waals surface area contributed by atoms with Gasteiger partial charge in [0.15, 0.2) is 0 Å². The van der Waals surface area contributed by atoms with Crippen LogP contribution < -0.4 is 4.90 Å². The summed E-state index contributed by atoms with van der Waals surface area (Å²) in [6.45, 7) is 17.3. The lowest BCUT2D eigenvalue weighted by atomic mass is 10.0. The van der Waals surface area contributed by atoms with Gasteiger partial charge in [0.1, 0.15) is 5.71 Å². The first-order chi connectivity index (χ1) is 13.0. The molecule has 0 unspecified atom stereocenters. The van der Waals surface area contributed by atoms with Gasteiger partial charge in [-0.05, 0) is 57.0 Å². The molecule has 0 aromatic heterocycles. The predicted molar refractivity (Wildman–Crippen MR) is 108 cm³/mol. The fourth-order valence-corrected chi connectivity index (χ4v) is 3.02. The van der Waals surface area contributed by atoms with E-state index in [0.717, 1.165) is 30.1 Å². The number of hydrogen-bond acceptors (Lipinski definition) is 4. The summed E-state index contributed by atoms with van der Waals surface area (Å²) in [5, 5.41) is 0. The van der Waals surface area contributed by atoms with Crippen LogP contribution in [0, 0.1) is 6.57 Å². The molecule has 27 heavy (non-hydrogen) atoms. The van der Waals surface area contributed by atoms with Gasteiger partial charge in [0.2, 0.25) is 0 Å². The van der Waals surface area contributed by atoms with Gasteiger partial charge in [-0.1, -0.05) is 13.3 Å². The monoisotopic (exact) mass is 366 g/mol. The molecule has 0 spiro atoms. The number of benzene rings is 1. The first-order valence-corrected chi connectivity index (χ1v) is 9.36. The maximum Gasteiger partial charge on any atom is 0.277 e. The summed E-state index contributed by atoms with van der Waals surface area (Å²) in [5.74, 6) is -0.942. The Hall–Kier alpha value is -2.94. The molecule has 1 aromatic carbocycles. The van der Waals surface area contributed by atoms with E-state index in [0.29, 0.717) is 24.2 Å². The summed E-state index contributed by atoms with van der Waals surface area (Å²) >= 11 is 0. The standard InChI is InChI=1S/C21H26N4O2/c1-6-9-14-25-20(26)18(22-5)15(4)19(21(25)27)23-16-10-12-17(13-11-16)24(7-2)8-3/h10-13H,6-9,14H2,1-4H3. The Bertz CT molecular complexity index is 812. The zero-order chi connectivity index (χ0) is 20.0. The van der Waals surface area contributed by atoms with Crippen LogP contribution in [0.2, 0.25) is 0 Å². The maximum atomic E-state index is 12.8. The molecule has 0 saturated carbocycles. The zero-order valence-corrected chi connectivity index (χ0v) is 16.5. The van der Waals surface area contributed by atoms with Crippen LogP contribution in [0.15, 0.2) is 40.5 Å². The summed E-state index contributed by atoms with van der Waals surface area (Å²) in [6, 6.07) is 7.64. The number of nitrogens with zero attached hydrogens (tertiary/aromatic N) is 4. The van der Waals surface area contributed by atoms with Crippen molar-refractivity contribution in [2.75, 3.05) is 24.5 Å². The van der Waals surface area contributed by atoms with Gasteiger partial charge in [0, 0.05) is 25.3 Å². The van der Waals surface area contributed by atoms with E-state index in [-0.39, 0.29) is 11.4 Å². The van der Waals surface area contributed by atoms with Crippen LogP contribution in [-0.2, 0) is 9.59 Å². The quantitative estimate of drug-likeness (QED) is 0.542. The van der Waals surface area contributed by atoms with E-state index in [1.54, 1.807) is 6.92 Å². The Labute approximate surface area is 161 Å². The molecular formula is C21H26N4O2. The van der Waals surface area contributed by atoms with E-state index in [2.05, 4.69) is 28.6 Å². The van der Waals surface area contributed by atoms with E-state index in [1.165, 1.54) is 0 Å². The van der Waals surface area contributed by atoms with Crippen molar-refractivity contribution < 1.29 is 9.59 Å². The average molecular weight is 366 g/mol. The minimum atomic E-state index is -0.517. The molecule has 0 fully saturated rings. The van der Waals surface area contributed by atoms with Gasteiger partial charge in [-0.25, -0.2) is 9.84 Å². The first kappa shape index (κ1) is 20.4. The van der Waals surface area contributed by atoms with Crippen molar-refractivity contribution in [2.45, 2.75) is 40.5 Å². The summed E-state index contributed by atoms with van der Waals surface area (Å²) in [7, 11) is 0. The first-order valence-electron chi connectivity index (χ1n) is 9.36. The fourth-order valence-electron chi connectivity index (χ4n) is 3.02. The molecule has 2 rings (SSSR count). The number of carbonyl (C=O) groups is 2. The lowest BCUT2D eigenvalue weighted by Gasteiger charge is -2.26. The van der Waals surface area contributed by atoms with E-state index in [9.17, 15) is 9.59 Å². The molecule has 1 heterocycles. The SMILES string of the molecule is [C-]#[N+]C1=C(C)C(=Nc2ccc(N(CC)CC)cc2)C(=O)N(CCCC)C1=O. The van der Waals surface area contributed by atoms with E-state index < -0.39 is 11.8 Å². The van der Waals surface area contributed by atoms with Gasteiger partial charge in [-0.2, -0.15) is 0 Å². The summed E-state index contributed by atoms with van der Waals surface area (Å²) < 4.78 is 0. The molecule has 0 saturated heterocycles. The van der Waals surface area contributed by atoms with Crippen LogP contribution >= 0.6 is 0 Å². The van der Waals surface area contributed by atoms with Crippen LogP contribution in [0.3, 0.4) is 0 Å². The third-order valence-electron chi connectivity index (χ3n) is 4.67. The van der Waals surface area contributed by atoms with Crippen LogP contribution in [0.5, 0.6) is 0 Å². The molecule has 142 valence electrons. The normalized spacial score (nSPS) is 16.1. The molecule has 0 atom stereocenters. The van der Waals surface area contributed by atoms with Gasteiger partial charge in [0.25, 0.3) is 17.5 Å². The third kappa shape index (κ3) is 4.25. The molecule has 1 aromatic rings. The lowest BCUT2D eigenvalue weighted by Crippen LogP contribution is -2.46. The molecule has 1 aliphatic rings. The second-order valence-corrected chi connectivity index (χ2v) is 6.35. The molecule has 0 aliphatic carbocycles. The minimum Gasteiger partial charge on any atom is -0.372 e. The van der Waals surface area contributed by atoms with Crippen molar-refractivity contribution in [3.63, 3.8) is 0 Å². The third-order valence-corrected chi connectivity index (χ3v) is 4.67. The highest BCUT2D eigenvalue weighted by Crippen LogP contribution is 2.25. The van der Waals surface area contributed by atoms with Crippen molar-refractivity contribution in [1.82, 2.24) is 4.90 Å². The van der Waals surface area contributed by atoms with Gasteiger partial charge in [-0.3, -0.25) is 14.5 Å². The zero-order valence-electron chi connectivity index (χ0n) is 16.5. The number of unbranched alkanes of at least 4 members (excludes halogenated alkanes) is 1. The molecule has 6 heteroatoms. The Morgan fingerprint density at radius 2 is 1.70 bits per heavy atom. The number of hydrogen-bond donors (Lipinski definition) is 0. The van der Waals surface area contributed by atoms with E-state index >= 15 is 0 Å². The average Bonchev–Trinajstić information content (AvgIpc) is 2.67. The lowest BCUT2D eigenvalue weighted by molar-refractivity contribution is -0.138. The highest BCUT2D eigenvalue weighted by atomic mass is 16.2. The number of imide groups is 1. The Morgan fingerprint density at radius 3 is 2.22 bits per heavy atom. The highest BCUT2D eigenvalue weighted by molar-refractivity contribution is 6.50. The van der Waals surface area contributed by atoms with Crippen LogP contribution in [0.4, 0.5) is 11.4 Å². The molecule has 0 radical (unpaired) electrons. The highest BCUT2D eigenvalue weighted by Gasteiger charge is 2.36. The fraction of sp³-hybridized carbons (Fsp3) is 0.429. The molecule has 2 amide bonds. The summed E-state index contributed by atoms with van der Waals surface area (Å²) in [4.78, 5) is 36.4. The van der Waals surface area contributed by atoms with Crippen LogP contribution in [0.1, 0.15) is 40.5 Å². The van der Waals surface area contributed by atoms with Crippen molar-refractivity contribution in [1.29, 1.82) is 0 Å². The maximum absolute atomic E-state index is 12.8. The van der Waals surface area contributed by atoms with Crippen molar-refractivity contribution >= 4 is 28.9 Å². The topological polar surface area (TPSA) is 57.3 Å². The number of rotatable bonds is 7. The van der Waals surface area contributed by atoms with Gasteiger partial charge in [0.05, 0.1) is 12.3 Å². The van der Waals surface area contributed by atoms with Crippen LogP contribution in [-0.4, -0.2) is 42.1 Å².